The van der Waals surface area contributed by atoms with Gasteiger partial charge >= 0.3 is 0 Å². The van der Waals surface area contributed by atoms with Gasteiger partial charge in [0.1, 0.15) is 23.1 Å². The lowest BCUT2D eigenvalue weighted by atomic mass is 10.1. The molecule has 6 bridgehead atoms. The Labute approximate surface area is 205 Å². The summed E-state index contributed by atoms with van der Waals surface area (Å²) in [5.74, 6) is 0.606. The molecule has 2 atom stereocenters. The Morgan fingerprint density at radius 2 is 1.97 bits per heavy atom. The first-order valence-corrected chi connectivity index (χ1v) is 12.2. The molecule has 0 amide bonds. The quantitative estimate of drug-likeness (QED) is 0.379. The van der Waals surface area contributed by atoms with E-state index in [0.717, 1.165) is 43.1 Å². The number of rotatable bonds is 1. The lowest BCUT2D eigenvalue weighted by Crippen LogP contribution is -2.30. The number of H-pyrrole nitrogens is 2. The Bertz CT molecular complexity index is 1790. The zero-order valence-electron chi connectivity index (χ0n) is 20.0. The van der Waals surface area contributed by atoms with Crippen molar-refractivity contribution in [3.8, 4) is 22.7 Å². The second-order valence-corrected chi connectivity index (χ2v) is 9.72. The number of fused-ring (bicyclic) bond motifs is 5. The van der Waals surface area contributed by atoms with Crippen LogP contribution < -0.4 is 15.9 Å². The minimum absolute atomic E-state index is 0.0251. The van der Waals surface area contributed by atoms with Crippen molar-refractivity contribution in [3.63, 3.8) is 0 Å². The van der Waals surface area contributed by atoms with E-state index in [9.17, 15) is 9.59 Å². The lowest BCUT2D eigenvalue weighted by Gasteiger charge is -2.19. The Kier molecular flexibility index (Phi) is 4.50. The van der Waals surface area contributed by atoms with E-state index in [1.54, 1.807) is 16.8 Å². The molecule has 0 aliphatic carbocycles. The van der Waals surface area contributed by atoms with E-state index in [2.05, 4.69) is 20.1 Å². The highest BCUT2D eigenvalue weighted by molar-refractivity contribution is 5.94. The van der Waals surface area contributed by atoms with Crippen LogP contribution in [0.1, 0.15) is 17.8 Å². The van der Waals surface area contributed by atoms with Crippen molar-refractivity contribution in [1.82, 2.24) is 34.4 Å². The Balaban J connectivity index is 1.52. The predicted octanol–water partition coefficient (Wildman–Crippen LogP) is 2.50. The maximum atomic E-state index is 13.3. The fraction of sp³-hybridized carbons (Fsp3) is 0.308. The molecule has 2 aromatic carbocycles. The van der Waals surface area contributed by atoms with Gasteiger partial charge in [-0.2, -0.15) is 5.10 Å². The van der Waals surface area contributed by atoms with Gasteiger partial charge in [-0.15, -0.1) is 0 Å². The summed E-state index contributed by atoms with van der Waals surface area (Å²) in [5.41, 5.74) is 4.85. The largest absolute Gasteiger partial charge is 0.487 e. The van der Waals surface area contributed by atoms with Crippen LogP contribution in [0.25, 0.3) is 38.9 Å². The van der Waals surface area contributed by atoms with Gasteiger partial charge in [-0.25, -0.2) is 9.67 Å². The summed E-state index contributed by atoms with van der Waals surface area (Å²) < 4.78 is 10.0. The first-order valence-electron chi connectivity index (χ1n) is 12.2. The van der Waals surface area contributed by atoms with E-state index in [-0.39, 0.29) is 22.9 Å². The molecule has 36 heavy (non-hydrogen) atoms. The number of aryl methyl sites for hydroxylation is 2. The number of aromatic amines is 2. The zero-order chi connectivity index (χ0) is 24.6. The molecule has 1 unspecified atom stereocenters. The van der Waals surface area contributed by atoms with Crippen molar-refractivity contribution >= 4 is 21.9 Å². The first kappa shape index (κ1) is 21.1. The van der Waals surface area contributed by atoms with Crippen LogP contribution in [0.15, 0.2) is 46.0 Å². The van der Waals surface area contributed by atoms with Gasteiger partial charge in [0, 0.05) is 37.0 Å². The number of hydrogen-bond donors (Lipinski definition) is 2. The molecule has 0 saturated carbocycles. The highest BCUT2D eigenvalue weighted by Gasteiger charge is 2.27. The predicted molar refractivity (Wildman–Crippen MR) is 136 cm³/mol. The molecule has 2 aliphatic heterocycles. The normalized spacial score (nSPS) is 19.3. The van der Waals surface area contributed by atoms with E-state index >= 15 is 0 Å². The molecular weight excluding hydrogens is 458 g/mol. The van der Waals surface area contributed by atoms with E-state index < -0.39 is 0 Å². The summed E-state index contributed by atoms with van der Waals surface area (Å²) in [6.45, 7) is 6.84. The van der Waals surface area contributed by atoms with Crippen LogP contribution in [0, 0.1) is 13.8 Å². The van der Waals surface area contributed by atoms with Crippen molar-refractivity contribution in [2.75, 3.05) is 19.6 Å². The van der Waals surface area contributed by atoms with E-state index in [1.807, 2.05) is 42.8 Å². The van der Waals surface area contributed by atoms with Crippen LogP contribution in [0.4, 0.5) is 0 Å². The maximum absolute atomic E-state index is 13.3. The summed E-state index contributed by atoms with van der Waals surface area (Å²) in [6.07, 6.45) is 0.842. The van der Waals surface area contributed by atoms with Crippen molar-refractivity contribution in [1.29, 1.82) is 0 Å². The molecule has 182 valence electrons. The highest BCUT2D eigenvalue weighted by atomic mass is 16.5. The maximum Gasteiger partial charge on any atom is 0.275 e. The van der Waals surface area contributed by atoms with Crippen LogP contribution in [-0.2, 0) is 6.54 Å². The fourth-order valence-corrected chi connectivity index (χ4v) is 5.49. The summed E-state index contributed by atoms with van der Waals surface area (Å²) in [5, 5.41) is 8.40. The van der Waals surface area contributed by atoms with E-state index in [0.29, 0.717) is 39.8 Å². The summed E-state index contributed by atoms with van der Waals surface area (Å²) >= 11 is 0. The number of benzene rings is 2. The smallest absolute Gasteiger partial charge is 0.275 e. The van der Waals surface area contributed by atoms with Crippen LogP contribution in [0.3, 0.4) is 0 Å². The third-order valence-corrected chi connectivity index (χ3v) is 7.21. The van der Waals surface area contributed by atoms with Crippen molar-refractivity contribution in [2.45, 2.75) is 32.9 Å². The average molecular weight is 484 g/mol. The minimum atomic E-state index is -0.334. The molecule has 1 saturated heterocycles. The molecular formula is C26H25N7O3. The number of nitrogens with zero attached hydrogens (tertiary/aromatic N) is 5. The number of nitrogens with one attached hydrogen (secondary N) is 2. The van der Waals surface area contributed by atoms with Crippen LogP contribution >= 0.6 is 0 Å². The van der Waals surface area contributed by atoms with Crippen LogP contribution in [0.5, 0.6) is 5.75 Å². The van der Waals surface area contributed by atoms with Crippen LogP contribution in [0.2, 0.25) is 0 Å². The van der Waals surface area contributed by atoms with Gasteiger partial charge in [-0.05, 0) is 38.5 Å². The topological polar surface area (TPSA) is 114 Å². The molecule has 2 N–H and O–H groups in total. The monoisotopic (exact) mass is 483 g/mol. The molecule has 0 radical (unpaired) electrons. The number of para-hydroxylation sites is 1. The standard InChI is InChI=1S/C26H25N7O3/c1-14-10-15(2)33(29-14)16-11-20-24-21(12-16)36-17-6-7-31(13-17)8-9-32-26(35)19-5-3-4-18(22(19)30-32)23(28-24)25(34)27-20/h3-5,10-12,17,30H,6-9,13H2,1-2H3,(H,27,34)/t17-/m0/s1. The van der Waals surface area contributed by atoms with Gasteiger partial charge in [0.15, 0.2) is 0 Å². The third-order valence-electron chi connectivity index (χ3n) is 7.21. The van der Waals surface area contributed by atoms with Crippen LogP contribution in [-0.4, -0.2) is 60.2 Å². The Morgan fingerprint density at radius 3 is 2.81 bits per heavy atom. The van der Waals surface area contributed by atoms with Crippen molar-refractivity contribution in [2.24, 2.45) is 0 Å². The fourth-order valence-electron chi connectivity index (χ4n) is 5.49. The van der Waals surface area contributed by atoms with Gasteiger partial charge in [0.05, 0.1) is 34.3 Å². The van der Waals surface area contributed by atoms with Gasteiger partial charge in [0.25, 0.3) is 11.1 Å². The molecule has 7 rings (SSSR count). The number of aromatic nitrogens is 6. The van der Waals surface area contributed by atoms with Gasteiger partial charge < -0.3 is 9.72 Å². The summed E-state index contributed by atoms with van der Waals surface area (Å²) in [4.78, 5) is 36.6. The Morgan fingerprint density at radius 1 is 1.08 bits per heavy atom. The average Bonchev–Trinajstić information content (AvgIpc) is 3.53. The number of hydrogen-bond acceptors (Lipinski definition) is 6. The summed E-state index contributed by atoms with van der Waals surface area (Å²) in [6, 6.07) is 11.2. The minimum Gasteiger partial charge on any atom is -0.487 e. The number of ether oxygens (including phenoxy) is 1. The lowest BCUT2D eigenvalue weighted by molar-refractivity contribution is 0.199. The molecule has 1 fully saturated rings. The van der Waals surface area contributed by atoms with E-state index in [1.165, 1.54) is 0 Å². The Hall–Kier alpha value is -4.18. The SMILES string of the molecule is Cc1cc(C)n(-c2cc3c4nc(c(=O)[nH]c4c2)-c2cccc4c(=O)n([nH]c24)CCN2CC[C@@H](C2)O3)n1. The molecule has 5 aromatic rings. The second-order valence-electron chi connectivity index (χ2n) is 9.72. The van der Waals surface area contributed by atoms with E-state index in [4.69, 9.17) is 9.72 Å². The molecule has 10 nitrogen and oxygen atoms in total. The van der Waals surface area contributed by atoms with Gasteiger partial charge in [-0.3, -0.25) is 24.3 Å². The molecule has 10 heteroatoms. The first-order chi connectivity index (χ1) is 17.4. The molecule has 0 spiro atoms. The molecule has 2 aliphatic rings. The highest BCUT2D eigenvalue weighted by Crippen LogP contribution is 2.32. The molecule has 5 heterocycles. The zero-order valence-corrected chi connectivity index (χ0v) is 20.0. The molecule has 3 aromatic heterocycles. The summed E-state index contributed by atoms with van der Waals surface area (Å²) in [7, 11) is 0. The van der Waals surface area contributed by atoms with Crippen molar-refractivity contribution in [3.05, 3.63) is 68.5 Å². The third kappa shape index (κ3) is 3.21. The van der Waals surface area contributed by atoms with Gasteiger partial charge in [0.2, 0.25) is 0 Å². The van der Waals surface area contributed by atoms with Crippen molar-refractivity contribution < 1.29 is 4.74 Å². The second kappa shape index (κ2) is 7.66. The van der Waals surface area contributed by atoms with Gasteiger partial charge in [-0.1, -0.05) is 12.1 Å².